The fraction of sp³-hybridized carbons (Fsp3) is 0. The van der Waals surface area contributed by atoms with Gasteiger partial charge in [-0.2, -0.15) is 24.6 Å². The van der Waals surface area contributed by atoms with Crippen LogP contribution in [-0.4, -0.2) is 0 Å². The van der Waals surface area contributed by atoms with Crippen molar-refractivity contribution < 1.29 is 42.2 Å². The number of halogens is 2. The average molecular weight is 214 g/mol. The van der Waals surface area contributed by atoms with E-state index in [0.29, 0.717) is 0 Å². The predicted molar refractivity (Wildman–Crippen MR) is 30.9 cm³/mol. The summed E-state index contributed by atoms with van der Waals surface area (Å²) in [4.78, 5) is 0. The van der Waals surface area contributed by atoms with Crippen molar-refractivity contribution in [3.8, 4) is 0 Å². The molecular formula is C7H7Cl2Cr. The van der Waals surface area contributed by atoms with Gasteiger partial charge in [-0.05, 0) is 0 Å². The first-order valence-electron chi connectivity index (χ1n) is 2.26. The van der Waals surface area contributed by atoms with E-state index in [0.717, 1.165) is 5.56 Å². The topological polar surface area (TPSA) is 0 Å². The SMILES string of the molecule is [CH2-]c1ccccc1.[Cl-].[Cl-].[Cr+3]. The Labute approximate surface area is 85.0 Å². The first-order chi connectivity index (χ1) is 3.39. The van der Waals surface area contributed by atoms with Crippen molar-refractivity contribution in [2.24, 2.45) is 0 Å². The second-order valence-electron chi connectivity index (χ2n) is 1.49. The Balaban J connectivity index is -0.000000163. The second-order valence-corrected chi connectivity index (χ2v) is 1.49. The summed E-state index contributed by atoms with van der Waals surface area (Å²) in [5.41, 5.74) is 1.07. The van der Waals surface area contributed by atoms with E-state index in [-0.39, 0.29) is 42.2 Å². The molecule has 1 aromatic carbocycles. The Morgan fingerprint density at radius 1 is 0.900 bits per heavy atom. The Hall–Kier alpha value is 0.202. The van der Waals surface area contributed by atoms with Crippen molar-refractivity contribution in [2.45, 2.75) is 0 Å². The Kier molecular flexibility index (Phi) is 15.3. The molecule has 0 atom stereocenters. The van der Waals surface area contributed by atoms with Crippen LogP contribution in [0.2, 0.25) is 0 Å². The van der Waals surface area contributed by atoms with Crippen molar-refractivity contribution in [2.75, 3.05) is 0 Å². The Bertz CT molecular complexity index is 142. The summed E-state index contributed by atoms with van der Waals surface area (Å²) in [6.45, 7) is 3.72. The van der Waals surface area contributed by atoms with Crippen LogP contribution in [0, 0.1) is 6.92 Å². The van der Waals surface area contributed by atoms with Gasteiger partial charge in [-0.1, -0.05) is 6.07 Å². The zero-order valence-electron chi connectivity index (χ0n) is 5.26. The second kappa shape index (κ2) is 9.20. The van der Waals surface area contributed by atoms with Crippen LogP contribution in [0.4, 0.5) is 0 Å². The summed E-state index contributed by atoms with van der Waals surface area (Å²) in [7, 11) is 0. The van der Waals surface area contributed by atoms with E-state index in [1.54, 1.807) is 0 Å². The van der Waals surface area contributed by atoms with Gasteiger partial charge in [-0.15, -0.1) is 12.1 Å². The minimum Gasteiger partial charge on any atom is -1.00 e. The molecule has 0 saturated carbocycles. The van der Waals surface area contributed by atoms with Crippen molar-refractivity contribution in [1.29, 1.82) is 0 Å². The standard InChI is InChI=1S/C7H7.2ClH.Cr/c1-7-5-3-2-4-6-7;;;/h2-6H,1H2;2*1H;/q-1;;;+3/p-2. The van der Waals surface area contributed by atoms with E-state index in [1.807, 2.05) is 30.3 Å². The van der Waals surface area contributed by atoms with E-state index < -0.39 is 0 Å². The van der Waals surface area contributed by atoms with Gasteiger partial charge in [0.1, 0.15) is 0 Å². The average Bonchev–Trinajstić information content (AvgIpc) is 1.69. The van der Waals surface area contributed by atoms with Crippen molar-refractivity contribution >= 4 is 0 Å². The molecule has 0 fully saturated rings. The quantitative estimate of drug-likeness (QED) is 0.385. The monoisotopic (exact) mass is 213 g/mol. The summed E-state index contributed by atoms with van der Waals surface area (Å²) in [6.07, 6.45) is 0. The van der Waals surface area contributed by atoms with Crippen molar-refractivity contribution in [1.82, 2.24) is 0 Å². The van der Waals surface area contributed by atoms with E-state index >= 15 is 0 Å². The van der Waals surface area contributed by atoms with Crippen LogP contribution in [0.15, 0.2) is 30.3 Å². The van der Waals surface area contributed by atoms with Crippen molar-refractivity contribution in [3.63, 3.8) is 0 Å². The van der Waals surface area contributed by atoms with Gasteiger partial charge in [0, 0.05) is 0 Å². The maximum Gasteiger partial charge on any atom is 3.00 e. The number of hydrogen-bond donors (Lipinski definition) is 0. The minimum atomic E-state index is 0. The van der Waals surface area contributed by atoms with Gasteiger partial charge >= 0.3 is 17.4 Å². The molecule has 0 aliphatic rings. The molecule has 0 spiro atoms. The fourth-order valence-electron chi connectivity index (χ4n) is 0.478. The third kappa shape index (κ3) is 6.32. The molecule has 0 N–H and O–H groups in total. The zero-order valence-corrected chi connectivity index (χ0v) is 8.04. The summed E-state index contributed by atoms with van der Waals surface area (Å²) in [6, 6.07) is 9.87. The third-order valence-corrected chi connectivity index (χ3v) is 0.843. The van der Waals surface area contributed by atoms with Crippen LogP contribution in [-0.2, 0) is 17.4 Å². The summed E-state index contributed by atoms with van der Waals surface area (Å²) < 4.78 is 0. The number of rotatable bonds is 0. The molecule has 0 bridgehead atoms. The predicted octanol–water partition coefficient (Wildman–Crippen LogP) is -4.13. The normalized spacial score (nSPS) is 6.00. The van der Waals surface area contributed by atoms with E-state index in [9.17, 15) is 0 Å². The maximum absolute atomic E-state index is 3.72. The van der Waals surface area contributed by atoms with Crippen LogP contribution in [0.1, 0.15) is 5.56 Å². The molecule has 0 aromatic heterocycles. The van der Waals surface area contributed by atoms with Gasteiger partial charge in [-0.25, -0.2) is 0 Å². The smallest absolute Gasteiger partial charge is 1.00 e. The third-order valence-electron chi connectivity index (χ3n) is 0.843. The van der Waals surface area contributed by atoms with Crippen LogP contribution >= 0.6 is 0 Å². The number of benzene rings is 1. The summed E-state index contributed by atoms with van der Waals surface area (Å²) >= 11 is 0. The molecule has 0 aliphatic heterocycles. The molecule has 0 unspecified atom stereocenters. The molecule has 1 aromatic rings. The first-order valence-corrected chi connectivity index (χ1v) is 2.26. The van der Waals surface area contributed by atoms with E-state index in [4.69, 9.17) is 0 Å². The van der Waals surface area contributed by atoms with Crippen LogP contribution < -0.4 is 24.8 Å². The molecule has 0 saturated heterocycles. The van der Waals surface area contributed by atoms with Gasteiger partial charge < -0.3 is 24.8 Å². The van der Waals surface area contributed by atoms with E-state index in [2.05, 4.69) is 6.92 Å². The number of hydrogen-bond acceptors (Lipinski definition) is 0. The molecule has 3 heteroatoms. The molecule has 0 amide bonds. The first kappa shape index (κ1) is 16.7. The largest absolute Gasteiger partial charge is 3.00 e. The van der Waals surface area contributed by atoms with Gasteiger partial charge in [-0.3, -0.25) is 0 Å². The van der Waals surface area contributed by atoms with E-state index in [1.165, 1.54) is 0 Å². The molecule has 10 heavy (non-hydrogen) atoms. The molecule has 1 rings (SSSR count). The van der Waals surface area contributed by atoms with Crippen molar-refractivity contribution in [3.05, 3.63) is 42.8 Å². The fourth-order valence-corrected chi connectivity index (χ4v) is 0.478. The Morgan fingerprint density at radius 3 is 1.50 bits per heavy atom. The minimum absolute atomic E-state index is 0. The molecule has 0 aliphatic carbocycles. The summed E-state index contributed by atoms with van der Waals surface area (Å²) in [5, 5.41) is 0. The molecule has 55 valence electrons. The van der Waals surface area contributed by atoms with Gasteiger partial charge in [0.05, 0.1) is 0 Å². The maximum atomic E-state index is 3.72. The zero-order chi connectivity index (χ0) is 5.11. The molecule has 0 nitrogen and oxygen atoms in total. The summed E-state index contributed by atoms with van der Waals surface area (Å²) in [5.74, 6) is 0. The van der Waals surface area contributed by atoms with Crippen LogP contribution in [0.25, 0.3) is 0 Å². The molecule has 0 heterocycles. The van der Waals surface area contributed by atoms with Gasteiger partial charge in [0.15, 0.2) is 0 Å². The van der Waals surface area contributed by atoms with Gasteiger partial charge in [0.2, 0.25) is 0 Å². The van der Waals surface area contributed by atoms with Crippen LogP contribution in [0.5, 0.6) is 0 Å². The molecular weight excluding hydrogens is 207 g/mol. The van der Waals surface area contributed by atoms with Gasteiger partial charge in [0.25, 0.3) is 0 Å². The Morgan fingerprint density at radius 2 is 1.30 bits per heavy atom. The van der Waals surface area contributed by atoms with Crippen LogP contribution in [0.3, 0.4) is 0 Å². The molecule has 1 radical (unpaired) electrons.